The molecule has 1 saturated heterocycles. The molecule has 232 valence electrons. The van der Waals surface area contributed by atoms with Crippen molar-refractivity contribution in [2.45, 2.75) is 35.7 Å². The first-order chi connectivity index (χ1) is 21.1. The fourth-order valence-corrected chi connectivity index (χ4v) is 7.68. The molecule has 0 radical (unpaired) electrons. The van der Waals surface area contributed by atoms with Crippen molar-refractivity contribution in [1.29, 1.82) is 0 Å². The van der Waals surface area contributed by atoms with Crippen molar-refractivity contribution in [2.24, 2.45) is 0 Å². The van der Waals surface area contributed by atoms with Crippen LogP contribution in [-0.2, 0) is 20.0 Å². The van der Waals surface area contributed by atoms with Gasteiger partial charge >= 0.3 is 0 Å². The Morgan fingerprint density at radius 2 is 0.841 bits per heavy atom. The van der Waals surface area contributed by atoms with E-state index in [2.05, 4.69) is 19.2 Å². The van der Waals surface area contributed by atoms with Crippen molar-refractivity contribution in [1.82, 2.24) is 19.2 Å². The third-order valence-corrected chi connectivity index (χ3v) is 11.1. The minimum atomic E-state index is -3.68. The molecule has 2 N–H and O–H groups in total. The van der Waals surface area contributed by atoms with Gasteiger partial charge in [-0.25, -0.2) is 26.3 Å². The van der Waals surface area contributed by atoms with Gasteiger partial charge in [-0.3, -0.25) is 9.80 Å². The van der Waals surface area contributed by atoms with Crippen LogP contribution in [0.3, 0.4) is 0 Å². The van der Waals surface area contributed by atoms with Gasteiger partial charge in [0.15, 0.2) is 0 Å². The summed E-state index contributed by atoms with van der Waals surface area (Å²) < 4.78 is 58.2. The molecule has 10 heteroatoms. The van der Waals surface area contributed by atoms with Gasteiger partial charge in [-0.2, -0.15) is 0 Å². The van der Waals surface area contributed by atoms with Gasteiger partial charge < -0.3 is 0 Å². The Bertz CT molecular complexity index is 1580. The molecule has 0 aliphatic carbocycles. The number of benzene rings is 4. The molecule has 0 saturated carbocycles. The molecule has 0 aromatic heterocycles. The molecule has 0 spiro atoms. The zero-order valence-corrected chi connectivity index (χ0v) is 26.8. The first-order valence-corrected chi connectivity index (χ1v) is 17.8. The molecule has 8 nitrogen and oxygen atoms in total. The fourth-order valence-electron chi connectivity index (χ4n) is 5.61. The predicted octanol–water partition coefficient (Wildman–Crippen LogP) is 4.66. The van der Waals surface area contributed by atoms with E-state index in [1.165, 1.54) is 0 Å². The van der Waals surface area contributed by atoms with Crippen molar-refractivity contribution in [3.05, 3.63) is 131 Å². The van der Waals surface area contributed by atoms with Gasteiger partial charge in [0.05, 0.1) is 9.79 Å². The van der Waals surface area contributed by atoms with E-state index in [9.17, 15) is 16.8 Å². The number of rotatable bonds is 12. The highest BCUT2D eigenvalue weighted by Crippen LogP contribution is 2.27. The first kappa shape index (κ1) is 32.0. The Morgan fingerprint density at radius 3 is 1.16 bits per heavy atom. The van der Waals surface area contributed by atoms with E-state index in [-0.39, 0.29) is 35.0 Å². The minimum Gasteiger partial charge on any atom is -0.292 e. The van der Waals surface area contributed by atoms with Crippen LogP contribution in [0.25, 0.3) is 0 Å². The Labute approximate surface area is 261 Å². The highest BCUT2D eigenvalue weighted by Gasteiger charge is 2.31. The number of sulfonamides is 2. The average molecular weight is 633 g/mol. The van der Waals surface area contributed by atoms with Crippen molar-refractivity contribution >= 4 is 20.0 Å². The maximum Gasteiger partial charge on any atom is 0.240 e. The quantitative estimate of drug-likeness (QED) is 0.236. The van der Waals surface area contributed by atoms with Gasteiger partial charge in [0.1, 0.15) is 0 Å². The van der Waals surface area contributed by atoms with Crippen LogP contribution in [0.1, 0.15) is 34.3 Å². The van der Waals surface area contributed by atoms with E-state index in [1.54, 1.807) is 48.5 Å². The Hall–Kier alpha value is -3.38. The molecular formula is C34H40N4O4S2. The zero-order valence-electron chi connectivity index (χ0n) is 25.1. The van der Waals surface area contributed by atoms with Gasteiger partial charge in [0.2, 0.25) is 20.0 Å². The zero-order chi connectivity index (χ0) is 31.2. The molecule has 1 aliphatic rings. The second kappa shape index (κ2) is 14.2. The summed E-state index contributed by atoms with van der Waals surface area (Å²) in [6, 6.07) is 33.3. The summed E-state index contributed by atoms with van der Waals surface area (Å²) in [7, 11) is -7.36. The molecule has 2 atom stereocenters. The Balaban J connectivity index is 1.30. The minimum absolute atomic E-state index is 0.159. The van der Waals surface area contributed by atoms with Gasteiger partial charge in [-0.05, 0) is 49.2 Å². The topological polar surface area (TPSA) is 98.8 Å². The second-order valence-corrected chi connectivity index (χ2v) is 14.8. The van der Waals surface area contributed by atoms with Crippen LogP contribution in [-0.4, -0.2) is 65.9 Å². The second-order valence-electron chi connectivity index (χ2n) is 11.3. The normalized spacial score (nSPS) is 16.4. The molecule has 0 unspecified atom stereocenters. The first-order valence-electron chi connectivity index (χ1n) is 14.8. The summed E-state index contributed by atoms with van der Waals surface area (Å²) in [5, 5.41) is 0. The lowest BCUT2D eigenvalue weighted by molar-refractivity contribution is 0.0703. The van der Waals surface area contributed by atoms with Crippen LogP contribution in [0.15, 0.2) is 119 Å². The van der Waals surface area contributed by atoms with E-state index in [0.29, 0.717) is 26.2 Å². The molecule has 4 aromatic rings. The van der Waals surface area contributed by atoms with Crippen LogP contribution >= 0.6 is 0 Å². The molecule has 0 bridgehead atoms. The average Bonchev–Trinajstić information content (AvgIpc) is 3.03. The lowest BCUT2D eigenvalue weighted by Crippen LogP contribution is -2.52. The number of aryl methyl sites for hydroxylation is 2. The summed E-state index contributed by atoms with van der Waals surface area (Å²) in [5.74, 6) is 0. The Kier molecular flexibility index (Phi) is 10.3. The van der Waals surface area contributed by atoms with E-state index >= 15 is 0 Å². The molecule has 44 heavy (non-hydrogen) atoms. The van der Waals surface area contributed by atoms with Crippen molar-refractivity contribution in [3.8, 4) is 0 Å². The summed E-state index contributed by atoms with van der Waals surface area (Å²) in [6.45, 7) is 7.10. The Morgan fingerprint density at radius 1 is 0.523 bits per heavy atom. The lowest BCUT2D eigenvalue weighted by atomic mass is 10.0. The monoisotopic (exact) mass is 632 g/mol. The third kappa shape index (κ3) is 8.01. The van der Waals surface area contributed by atoms with Gasteiger partial charge in [0.25, 0.3) is 0 Å². The molecule has 1 heterocycles. The molecular weight excluding hydrogens is 593 g/mol. The van der Waals surface area contributed by atoms with Crippen molar-refractivity contribution < 1.29 is 16.8 Å². The van der Waals surface area contributed by atoms with Gasteiger partial charge in [-0.15, -0.1) is 0 Å². The van der Waals surface area contributed by atoms with Crippen LogP contribution in [0.2, 0.25) is 0 Å². The predicted molar refractivity (Wildman–Crippen MR) is 174 cm³/mol. The van der Waals surface area contributed by atoms with Crippen molar-refractivity contribution in [2.75, 3.05) is 39.3 Å². The molecule has 0 amide bonds. The van der Waals surface area contributed by atoms with Gasteiger partial charge in [0, 0.05) is 51.4 Å². The number of hydrogen-bond donors (Lipinski definition) is 2. The smallest absolute Gasteiger partial charge is 0.240 e. The van der Waals surface area contributed by atoms with Crippen LogP contribution < -0.4 is 9.44 Å². The SMILES string of the molecule is Cc1ccc(S(=O)(=O)NC[C@H](c2ccccc2)N2CCN([C@H](CNS(=O)(=O)c3ccc(C)cc3)c3ccccc3)CC2)cc1. The number of nitrogens with zero attached hydrogens (tertiary/aromatic N) is 2. The molecule has 4 aromatic carbocycles. The lowest BCUT2D eigenvalue weighted by Gasteiger charge is -2.42. The largest absolute Gasteiger partial charge is 0.292 e. The van der Waals surface area contributed by atoms with Crippen LogP contribution in [0, 0.1) is 13.8 Å². The highest BCUT2D eigenvalue weighted by molar-refractivity contribution is 7.89. The molecule has 1 fully saturated rings. The molecule has 1 aliphatic heterocycles. The fraction of sp³-hybridized carbons (Fsp3) is 0.294. The van der Waals surface area contributed by atoms with Gasteiger partial charge in [-0.1, -0.05) is 96.1 Å². The summed E-state index contributed by atoms with van der Waals surface area (Å²) >= 11 is 0. The number of piperazine rings is 1. The van der Waals surface area contributed by atoms with Crippen LogP contribution in [0.4, 0.5) is 0 Å². The maximum atomic E-state index is 13.1. The third-order valence-electron chi connectivity index (χ3n) is 8.20. The number of hydrogen-bond acceptors (Lipinski definition) is 6. The highest BCUT2D eigenvalue weighted by atomic mass is 32.2. The maximum absolute atomic E-state index is 13.1. The summed E-state index contributed by atoms with van der Waals surface area (Å²) in [5.41, 5.74) is 4.08. The van der Waals surface area contributed by atoms with E-state index in [4.69, 9.17) is 0 Å². The number of nitrogens with one attached hydrogen (secondary N) is 2. The van der Waals surface area contributed by atoms with Crippen LogP contribution in [0.5, 0.6) is 0 Å². The summed E-state index contributed by atoms with van der Waals surface area (Å²) in [4.78, 5) is 5.11. The van der Waals surface area contributed by atoms with E-state index in [0.717, 1.165) is 22.3 Å². The molecule has 5 rings (SSSR count). The standard InChI is InChI=1S/C34H40N4O4S2/c1-27-13-17-31(18-14-27)43(39,40)35-25-33(29-9-5-3-6-10-29)37-21-23-38(24-22-37)34(30-11-7-4-8-12-30)26-36-44(41,42)32-19-15-28(2)16-20-32/h3-20,33-36H,21-26H2,1-2H3/t33-,34-/m1/s1. The van der Waals surface area contributed by atoms with E-state index < -0.39 is 20.0 Å². The van der Waals surface area contributed by atoms with Crippen molar-refractivity contribution in [3.63, 3.8) is 0 Å². The summed E-state index contributed by atoms with van der Waals surface area (Å²) in [6.07, 6.45) is 0. The van der Waals surface area contributed by atoms with E-state index in [1.807, 2.05) is 74.5 Å².